The Balaban J connectivity index is 1.39. The number of nitrogens with two attached hydrogens (primary N) is 1. The maximum absolute atomic E-state index is 12.6. The lowest BCUT2D eigenvalue weighted by Crippen LogP contribution is -2.21. The molecule has 8 nitrogen and oxygen atoms in total. The molecule has 2 amide bonds. The van der Waals surface area contributed by atoms with Gasteiger partial charge in [-0.3, -0.25) is 14.6 Å². The van der Waals surface area contributed by atoms with Crippen LogP contribution in [0.4, 0.5) is 11.5 Å². The highest BCUT2D eigenvalue weighted by atomic mass is 16.2. The van der Waals surface area contributed by atoms with Gasteiger partial charge in [0, 0.05) is 29.9 Å². The van der Waals surface area contributed by atoms with Gasteiger partial charge in [-0.15, -0.1) is 0 Å². The third-order valence-electron chi connectivity index (χ3n) is 5.41. The molecule has 4 rings (SSSR count). The van der Waals surface area contributed by atoms with Crippen LogP contribution in [-0.2, 0) is 6.54 Å². The van der Waals surface area contributed by atoms with Gasteiger partial charge in [0.15, 0.2) is 5.82 Å². The molecule has 0 aliphatic carbocycles. The minimum Gasteiger partial charge on any atom is -0.326 e. The molecule has 33 heavy (non-hydrogen) atoms. The number of anilines is 2. The first-order valence-electron chi connectivity index (χ1n) is 10.8. The van der Waals surface area contributed by atoms with Gasteiger partial charge in [-0.25, -0.2) is 4.98 Å². The zero-order valence-corrected chi connectivity index (χ0v) is 18.4. The van der Waals surface area contributed by atoms with Gasteiger partial charge in [0.25, 0.3) is 11.8 Å². The molecule has 2 aromatic carbocycles. The molecular weight excluding hydrogens is 416 g/mol. The number of carbonyl (C=O) groups is 2. The number of nitrogens with one attached hydrogen (secondary N) is 3. The van der Waals surface area contributed by atoms with Gasteiger partial charge >= 0.3 is 0 Å². The van der Waals surface area contributed by atoms with Crippen LogP contribution in [0.25, 0.3) is 5.57 Å². The zero-order chi connectivity index (χ0) is 23.2. The molecule has 0 bridgehead atoms. The fraction of sp³-hybridized carbons (Fsp3) is 0.200. The lowest BCUT2D eigenvalue weighted by molar-refractivity contribution is 0.101. The number of amides is 2. The van der Waals surface area contributed by atoms with Gasteiger partial charge in [-0.2, -0.15) is 0 Å². The number of hydrogen-bond donors (Lipinski definition) is 4. The minimum atomic E-state index is -0.318. The van der Waals surface area contributed by atoms with E-state index in [0.717, 1.165) is 36.5 Å². The van der Waals surface area contributed by atoms with Crippen LogP contribution in [0.15, 0.2) is 60.8 Å². The maximum atomic E-state index is 12.6. The molecule has 0 atom stereocenters. The Hall–Kier alpha value is -3.88. The Morgan fingerprint density at radius 2 is 1.67 bits per heavy atom. The molecule has 168 valence electrons. The summed E-state index contributed by atoms with van der Waals surface area (Å²) in [5.41, 5.74) is 10.9. The van der Waals surface area contributed by atoms with Crippen molar-refractivity contribution in [3.8, 4) is 0 Å². The molecule has 2 heterocycles. The van der Waals surface area contributed by atoms with E-state index in [4.69, 9.17) is 5.73 Å². The maximum Gasteiger partial charge on any atom is 0.256 e. The molecule has 0 saturated carbocycles. The summed E-state index contributed by atoms with van der Waals surface area (Å²) in [7, 11) is 0. The van der Waals surface area contributed by atoms with E-state index in [0.29, 0.717) is 29.2 Å². The highest BCUT2D eigenvalue weighted by Gasteiger charge is 2.14. The predicted molar refractivity (Wildman–Crippen MR) is 129 cm³/mol. The Labute approximate surface area is 192 Å². The van der Waals surface area contributed by atoms with Gasteiger partial charge in [-0.1, -0.05) is 18.2 Å². The van der Waals surface area contributed by atoms with E-state index in [1.807, 2.05) is 19.1 Å². The van der Waals surface area contributed by atoms with Gasteiger partial charge in [0.05, 0.1) is 17.6 Å². The molecular formula is C25H26N6O2. The highest BCUT2D eigenvalue weighted by molar-refractivity contribution is 6.07. The standard InChI is InChI=1S/C25H26N6O2/c1-16-23(18-10-12-27-13-11-18)28-15-22(29-16)31-25(33)20-6-4-19(5-7-20)24(32)30-21-8-2-17(14-26)3-9-21/h2-10,15,27H,11-14,26H2,1H3,(H,30,32)(H,29,31,33). The summed E-state index contributed by atoms with van der Waals surface area (Å²) in [6.45, 7) is 4.07. The van der Waals surface area contributed by atoms with E-state index in [-0.39, 0.29) is 11.8 Å². The van der Waals surface area contributed by atoms with Crippen LogP contribution >= 0.6 is 0 Å². The lowest BCUT2D eigenvalue weighted by Gasteiger charge is -2.15. The fourth-order valence-electron chi connectivity index (χ4n) is 3.58. The average molecular weight is 443 g/mol. The third-order valence-corrected chi connectivity index (χ3v) is 5.41. The molecule has 0 saturated heterocycles. The average Bonchev–Trinajstić information content (AvgIpc) is 2.85. The van der Waals surface area contributed by atoms with Crippen molar-refractivity contribution >= 4 is 28.9 Å². The number of carbonyl (C=O) groups excluding carboxylic acids is 2. The summed E-state index contributed by atoms with van der Waals surface area (Å²) < 4.78 is 0. The van der Waals surface area contributed by atoms with E-state index in [1.54, 1.807) is 42.6 Å². The van der Waals surface area contributed by atoms with E-state index in [9.17, 15) is 9.59 Å². The second-order valence-electron chi connectivity index (χ2n) is 7.76. The molecule has 1 aliphatic rings. The second-order valence-corrected chi connectivity index (χ2v) is 7.76. The summed E-state index contributed by atoms with van der Waals surface area (Å²) in [5, 5.41) is 8.88. The van der Waals surface area contributed by atoms with Crippen molar-refractivity contribution in [2.24, 2.45) is 5.73 Å². The Morgan fingerprint density at radius 1 is 1.00 bits per heavy atom. The Bertz CT molecular complexity index is 1190. The first-order chi connectivity index (χ1) is 16.0. The molecule has 5 N–H and O–H groups in total. The minimum absolute atomic E-state index is 0.258. The molecule has 0 spiro atoms. The first-order valence-corrected chi connectivity index (χ1v) is 10.8. The van der Waals surface area contributed by atoms with Crippen molar-refractivity contribution in [2.45, 2.75) is 19.9 Å². The summed E-state index contributed by atoms with van der Waals surface area (Å²) in [6.07, 6.45) is 4.59. The zero-order valence-electron chi connectivity index (χ0n) is 18.4. The quantitative estimate of drug-likeness (QED) is 0.465. The number of rotatable bonds is 6. The SMILES string of the molecule is Cc1nc(NC(=O)c2ccc(C(=O)Nc3ccc(CN)cc3)cc2)cnc1C1=CCNCC1. The second kappa shape index (κ2) is 10.2. The predicted octanol–water partition coefficient (Wildman–Crippen LogP) is 3.13. The molecule has 1 aromatic heterocycles. The third kappa shape index (κ3) is 5.49. The Morgan fingerprint density at radius 3 is 2.24 bits per heavy atom. The number of aryl methyl sites for hydroxylation is 1. The van der Waals surface area contributed by atoms with Gasteiger partial charge in [0.2, 0.25) is 0 Å². The van der Waals surface area contributed by atoms with Crippen molar-refractivity contribution in [2.75, 3.05) is 23.7 Å². The Kier molecular flexibility index (Phi) is 6.87. The van der Waals surface area contributed by atoms with E-state index in [2.05, 4.69) is 32.0 Å². The topological polar surface area (TPSA) is 122 Å². The summed E-state index contributed by atoms with van der Waals surface area (Å²) in [5.74, 6) is -0.188. The van der Waals surface area contributed by atoms with E-state index in [1.165, 1.54) is 5.57 Å². The van der Waals surface area contributed by atoms with Gasteiger partial charge in [0.1, 0.15) is 0 Å². The van der Waals surface area contributed by atoms with E-state index >= 15 is 0 Å². The van der Waals surface area contributed by atoms with Crippen molar-refractivity contribution < 1.29 is 9.59 Å². The fourth-order valence-corrected chi connectivity index (χ4v) is 3.58. The lowest BCUT2D eigenvalue weighted by atomic mass is 10.0. The van der Waals surface area contributed by atoms with Crippen LogP contribution in [0.1, 0.15) is 44.1 Å². The summed E-state index contributed by atoms with van der Waals surface area (Å²) in [6, 6.07) is 13.8. The van der Waals surface area contributed by atoms with Crippen molar-refractivity contribution in [3.05, 3.63) is 88.9 Å². The monoisotopic (exact) mass is 442 g/mol. The first kappa shape index (κ1) is 22.3. The summed E-state index contributed by atoms with van der Waals surface area (Å²) in [4.78, 5) is 34.1. The highest BCUT2D eigenvalue weighted by Crippen LogP contribution is 2.21. The van der Waals surface area contributed by atoms with Crippen LogP contribution in [-0.4, -0.2) is 34.9 Å². The number of aromatic nitrogens is 2. The van der Waals surface area contributed by atoms with Crippen molar-refractivity contribution in [1.29, 1.82) is 0 Å². The van der Waals surface area contributed by atoms with Crippen LogP contribution in [0.2, 0.25) is 0 Å². The van der Waals surface area contributed by atoms with Crippen LogP contribution in [0.5, 0.6) is 0 Å². The van der Waals surface area contributed by atoms with E-state index < -0.39 is 0 Å². The molecule has 1 aliphatic heterocycles. The van der Waals surface area contributed by atoms with Crippen LogP contribution < -0.4 is 21.7 Å². The van der Waals surface area contributed by atoms with Crippen LogP contribution in [0, 0.1) is 6.92 Å². The largest absolute Gasteiger partial charge is 0.326 e. The van der Waals surface area contributed by atoms with Crippen LogP contribution in [0.3, 0.4) is 0 Å². The van der Waals surface area contributed by atoms with Gasteiger partial charge < -0.3 is 21.7 Å². The molecule has 8 heteroatoms. The molecule has 3 aromatic rings. The molecule has 0 fully saturated rings. The number of benzene rings is 2. The smallest absolute Gasteiger partial charge is 0.256 e. The molecule has 0 radical (unpaired) electrons. The van der Waals surface area contributed by atoms with Crippen molar-refractivity contribution in [3.63, 3.8) is 0 Å². The van der Waals surface area contributed by atoms with Crippen molar-refractivity contribution in [1.82, 2.24) is 15.3 Å². The number of hydrogen-bond acceptors (Lipinski definition) is 6. The number of nitrogens with zero attached hydrogens (tertiary/aromatic N) is 2. The summed E-state index contributed by atoms with van der Waals surface area (Å²) >= 11 is 0. The normalized spacial score (nSPS) is 13.2. The van der Waals surface area contributed by atoms with Gasteiger partial charge in [-0.05, 0) is 67.4 Å². The molecule has 0 unspecified atom stereocenters.